The molecule has 1 aromatic rings. The summed E-state index contributed by atoms with van der Waals surface area (Å²) in [5.41, 5.74) is 1.82. The Bertz CT molecular complexity index is 509. The molecule has 0 saturated heterocycles. The Kier molecular flexibility index (Phi) is 5.60. The number of carbonyl (C=O) groups is 1. The van der Waals surface area contributed by atoms with Crippen LogP contribution in [0.15, 0.2) is 29.3 Å². The van der Waals surface area contributed by atoms with Crippen LogP contribution in [0.3, 0.4) is 0 Å². The maximum Gasteiger partial charge on any atom is 0.251 e. The molecule has 1 aromatic carbocycles. The highest BCUT2D eigenvalue weighted by molar-refractivity contribution is 5.94. The Hall–Kier alpha value is -2.04. The quantitative estimate of drug-likeness (QED) is 0.546. The van der Waals surface area contributed by atoms with E-state index >= 15 is 0 Å². The number of hydrogen-bond donors (Lipinski definition) is 3. The first-order valence-corrected chi connectivity index (χ1v) is 7.58. The van der Waals surface area contributed by atoms with Gasteiger partial charge in [0.15, 0.2) is 5.96 Å². The topological polar surface area (TPSA) is 65.5 Å². The Balaban J connectivity index is 1.90. The molecule has 0 atom stereocenters. The highest BCUT2D eigenvalue weighted by atomic mass is 16.1. The van der Waals surface area contributed by atoms with E-state index in [-0.39, 0.29) is 5.91 Å². The van der Waals surface area contributed by atoms with Crippen molar-refractivity contribution >= 4 is 11.9 Å². The molecule has 1 aliphatic rings. The van der Waals surface area contributed by atoms with Crippen LogP contribution in [0.5, 0.6) is 0 Å². The molecule has 3 N–H and O–H groups in total. The fourth-order valence-corrected chi connectivity index (χ4v) is 2.05. The van der Waals surface area contributed by atoms with Gasteiger partial charge in [0.2, 0.25) is 0 Å². The van der Waals surface area contributed by atoms with Crippen LogP contribution in [0.4, 0.5) is 0 Å². The number of hydrogen-bond acceptors (Lipinski definition) is 2. The van der Waals surface area contributed by atoms with E-state index in [0.717, 1.165) is 24.5 Å². The molecule has 2 rings (SSSR count). The largest absolute Gasteiger partial charge is 0.357 e. The molecule has 5 nitrogen and oxygen atoms in total. The van der Waals surface area contributed by atoms with Gasteiger partial charge in [-0.25, -0.2) is 0 Å². The zero-order valence-corrected chi connectivity index (χ0v) is 12.8. The first-order chi connectivity index (χ1) is 10.2. The Labute approximate surface area is 126 Å². The standard InChI is InChI=1S/C16H24N4O/c1-3-18-16(20-14-7-8-14)19-10-9-12-5-4-6-13(11-12)15(21)17-2/h4-6,11,14H,3,7-10H2,1-2H3,(H,17,21)(H2,18,19,20). The summed E-state index contributed by atoms with van der Waals surface area (Å²) in [7, 11) is 1.64. The van der Waals surface area contributed by atoms with Gasteiger partial charge in [-0.05, 0) is 43.9 Å². The molecule has 1 saturated carbocycles. The van der Waals surface area contributed by atoms with Crippen molar-refractivity contribution < 1.29 is 4.79 Å². The van der Waals surface area contributed by atoms with Crippen molar-refractivity contribution in [1.29, 1.82) is 0 Å². The molecule has 0 heterocycles. The Morgan fingerprint density at radius 1 is 1.38 bits per heavy atom. The van der Waals surface area contributed by atoms with E-state index in [2.05, 4.69) is 27.9 Å². The smallest absolute Gasteiger partial charge is 0.251 e. The SMILES string of the molecule is CCNC(=NCCc1cccc(C(=O)NC)c1)NC1CC1. The number of aliphatic imine (C=N–C) groups is 1. The Morgan fingerprint density at radius 2 is 2.19 bits per heavy atom. The average molecular weight is 288 g/mol. The predicted octanol–water partition coefficient (Wildman–Crippen LogP) is 1.31. The van der Waals surface area contributed by atoms with Gasteiger partial charge in [-0.2, -0.15) is 0 Å². The van der Waals surface area contributed by atoms with Gasteiger partial charge < -0.3 is 16.0 Å². The second kappa shape index (κ2) is 7.67. The molecule has 0 aromatic heterocycles. The van der Waals surface area contributed by atoms with Crippen LogP contribution in [0.25, 0.3) is 0 Å². The van der Waals surface area contributed by atoms with E-state index < -0.39 is 0 Å². The van der Waals surface area contributed by atoms with Crippen molar-refractivity contribution in [3.05, 3.63) is 35.4 Å². The number of nitrogens with one attached hydrogen (secondary N) is 3. The normalized spacial score (nSPS) is 14.7. The minimum atomic E-state index is -0.0518. The van der Waals surface area contributed by atoms with E-state index in [1.54, 1.807) is 7.05 Å². The van der Waals surface area contributed by atoms with Crippen LogP contribution >= 0.6 is 0 Å². The zero-order chi connectivity index (χ0) is 15.1. The van der Waals surface area contributed by atoms with E-state index in [1.165, 1.54) is 12.8 Å². The third-order valence-electron chi connectivity index (χ3n) is 3.35. The van der Waals surface area contributed by atoms with Gasteiger partial charge in [-0.3, -0.25) is 9.79 Å². The molecule has 0 bridgehead atoms. The molecule has 0 radical (unpaired) electrons. The van der Waals surface area contributed by atoms with Gasteiger partial charge in [0.05, 0.1) is 0 Å². The minimum absolute atomic E-state index is 0.0518. The van der Waals surface area contributed by atoms with E-state index in [4.69, 9.17) is 0 Å². The summed E-state index contributed by atoms with van der Waals surface area (Å²) >= 11 is 0. The summed E-state index contributed by atoms with van der Waals surface area (Å²) in [5, 5.41) is 9.29. The van der Waals surface area contributed by atoms with Crippen LogP contribution in [-0.2, 0) is 6.42 Å². The van der Waals surface area contributed by atoms with E-state index in [1.807, 2.05) is 24.3 Å². The highest BCUT2D eigenvalue weighted by Crippen LogP contribution is 2.18. The van der Waals surface area contributed by atoms with Crippen LogP contribution in [0.1, 0.15) is 35.7 Å². The lowest BCUT2D eigenvalue weighted by Crippen LogP contribution is -2.38. The summed E-state index contributed by atoms with van der Waals surface area (Å²) in [6, 6.07) is 8.29. The third-order valence-corrected chi connectivity index (χ3v) is 3.35. The summed E-state index contributed by atoms with van der Waals surface area (Å²) in [5.74, 6) is 0.839. The number of rotatable bonds is 6. The second-order valence-electron chi connectivity index (χ2n) is 5.21. The van der Waals surface area contributed by atoms with Crippen molar-refractivity contribution in [2.24, 2.45) is 4.99 Å². The van der Waals surface area contributed by atoms with Crippen molar-refractivity contribution in [2.45, 2.75) is 32.2 Å². The molecular formula is C16H24N4O. The lowest BCUT2D eigenvalue weighted by Gasteiger charge is -2.10. The first kappa shape index (κ1) is 15.4. The highest BCUT2D eigenvalue weighted by Gasteiger charge is 2.21. The minimum Gasteiger partial charge on any atom is -0.357 e. The maximum atomic E-state index is 11.6. The summed E-state index contributed by atoms with van der Waals surface area (Å²) in [6.07, 6.45) is 3.29. The molecule has 0 spiro atoms. The second-order valence-corrected chi connectivity index (χ2v) is 5.21. The number of nitrogens with zero attached hydrogens (tertiary/aromatic N) is 1. The first-order valence-electron chi connectivity index (χ1n) is 7.58. The van der Waals surface area contributed by atoms with Gasteiger partial charge in [-0.1, -0.05) is 12.1 Å². The molecule has 21 heavy (non-hydrogen) atoms. The molecule has 1 aliphatic carbocycles. The van der Waals surface area contributed by atoms with E-state index in [0.29, 0.717) is 18.2 Å². The molecule has 1 fully saturated rings. The fourth-order valence-electron chi connectivity index (χ4n) is 2.05. The number of benzene rings is 1. The van der Waals surface area contributed by atoms with Crippen LogP contribution < -0.4 is 16.0 Å². The average Bonchev–Trinajstić information content (AvgIpc) is 3.31. The maximum absolute atomic E-state index is 11.6. The number of guanidine groups is 1. The summed E-state index contributed by atoms with van der Waals surface area (Å²) in [4.78, 5) is 16.2. The molecule has 5 heteroatoms. The monoisotopic (exact) mass is 288 g/mol. The van der Waals surface area contributed by atoms with Crippen molar-refractivity contribution in [3.8, 4) is 0 Å². The molecule has 1 amide bonds. The lowest BCUT2D eigenvalue weighted by molar-refractivity contribution is 0.0963. The van der Waals surface area contributed by atoms with Gasteiger partial charge in [0.25, 0.3) is 5.91 Å². The predicted molar refractivity (Wildman–Crippen MR) is 85.7 cm³/mol. The molecular weight excluding hydrogens is 264 g/mol. The van der Waals surface area contributed by atoms with Crippen LogP contribution in [0, 0.1) is 0 Å². The molecule has 114 valence electrons. The van der Waals surface area contributed by atoms with Crippen LogP contribution in [0.2, 0.25) is 0 Å². The van der Waals surface area contributed by atoms with E-state index in [9.17, 15) is 4.79 Å². The van der Waals surface area contributed by atoms with Gasteiger partial charge in [-0.15, -0.1) is 0 Å². The third kappa shape index (κ3) is 5.10. The number of amides is 1. The Morgan fingerprint density at radius 3 is 2.86 bits per heavy atom. The molecule has 0 unspecified atom stereocenters. The summed E-state index contributed by atoms with van der Waals surface area (Å²) in [6.45, 7) is 3.64. The van der Waals surface area contributed by atoms with Gasteiger partial charge >= 0.3 is 0 Å². The number of carbonyl (C=O) groups excluding carboxylic acids is 1. The van der Waals surface area contributed by atoms with Crippen molar-refractivity contribution in [1.82, 2.24) is 16.0 Å². The fraction of sp³-hybridized carbons (Fsp3) is 0.500. The molecule has 0 aliphatic heterocycles. The van der Waals surface area contributed by atoms with Crippen LogP contribution in [-0.4, -0.2) is 38.0 Å². The van der Waals surface area contributed by atoms with Gasteiger partial charge in [0, 0.05) is 31.7 Å². The van der Waals surface area contributed by atoms with Crippen molar-refractivity contribution in [2.75, 3.05) is 20.1 Å². The van der Waals surface area contributed by atoms with Gasteiger partial charge in [0.1, 0.15) is 0 Å². The van der Waals surface area contributed by atoms with Crippen molar-refractivity contribution in [3.63, 3.8) is 0 Å². The zero-order valence-electron chi connectivity index (χ0n) is 12.8. The summed E-state index contributed by atoms with van der Waals surface area (Å²) < 4.78 is 0. The lowest BCUT2D eigenvalue weighted by atomic mass is 10.1.